The molecule has 0 radical (unpaired) electrons. The Labute approximate surface area is 178 Å². The Hall–Kier alpha value is -2.08. The number of nitrogens with two attached hydrogens (primary N) is 2. The monoisotopic (exact) mass is 419 g/mol. The van der Waals surface area contributed by atoms with Crippen LogP contribution in [-0.2, 0) is 0 Å². The van der Waals surface area contributed by atoms with Crippen molar-refractivity contribution in [3.8, 4) is 0 Å². The van der Waals surface area contributed by atoms with E-state index in [2.05, 4.69) is 5.32 Å². The molecule has 9 nitrogen and oxygen atoms in total. The minimum Gasteiger partial charge on any atom is -0.772 e. The van der Waals surface area contributed by atoms with Gasteiger partial charge in [-0.25, -0.2) is 0 Å². The Kier molecular flexibility index (Phi) is 9.35. The summed E-state index contributed by atoms with van der Waals surface area (Å²) >= 11 is 0. The fourth-order valence-electron chi connectivity index (χ4n) is 2.58. The molecule has 1 aliphatic carbocycles. The summed E-state index contributed by atoms with van der Waals surface area (Å²) in [5, 5.41) is 47.5. The molecule has 3 atom stereocenters. The highest BCUT2D eigenvalue weighted by Crippen LogP contribution is 2.23. The number of hydrogen-bond donors (Lipinski definition) is 5. The minimum absolute atomic E-state index is 0.0655. The fraction of sp³-hybridized carbons (Fsp3) is 0.429. The first-order chi connectivity index (χ1) is 13.8. The summed E-state index contributed by atoms with van der Waals surface area (Å²) in [6.45, 7) is 6.65. The summed E-state index contributed by atoms with van der Waals surface area (Å²) in [6.07, 6.45) is 16.8. The van der Waals surface area contributed by atoms with E-state index in [1.54, 1.807) is 51.2 Å². The standard InChI is InChI=1S/C21H33N5O4/c1-5-6-8-17(15-20(3,27)10-7-14-25(22)29)24-18-9-11-19(2,26(23)30)12-13-21(4,28)16-18/h6-13,15-16,24,27-28H,5,14,22-23H2,1-4H3/q-2/b8-6-,10-7-,11-9?,13-12?,17-15+,18-16?. The number of nitrogens with one attached hydrogen (secondary N) is 1. The van der Waals surface area contributed by atoms with E-state index >= 15 is 0 Å². The number of aliphatic hydroxyl groups is 2. The number of hydrogen-bond acceptors (Lipinski definition) is 9. The summed E-state index contributed by atoms with van der Waals surface area (Å²) < 4.78 is 0. The third-order valence-corrected chi connectivity index (χ3v) is 4.29. The van der Waals surface area contributed by atoms with Gasteiger partial charge in [-0.2, -0.15) is 0 Å². The summed E-state index contributed by atoms with van der Waals surface area (Å²) in [5.74, 6) is 10.5. The predicted molar refractivity (Wildman–Crippen MR) is 119 cm³/mol. The Morgan fingerprint density at radius 3 is 2.47 bits per heavy atom. The van der Waals surface area contributed by atoms with Crippen LogP contribution >= 0.6 is 0 Å². The van der Waals surface area contributed by atoms with Crippen LogP contribution in [0.5, 0.6) is 0 Å². The van der Waals surface area contributed by atoms with Crippen molar-refractivity contribution in [2.24, 2.45) is 11.7 Å². The molecule has 0 bridgehead atoms. The van der Waals surface area contributed by atoms with Crippen molar-refractivity contribution < 1.29 is 10.2 Å². The maximum absolute atomic E-state index is 11.8. The van der Waals surface area contributed by atoms with Crippen molar-refractivity contribution in [1.29, 1.82) is 0 Å². The lowest BCUT2D eigenvalue weighted by Crippen LogP contribution is -2.44. The second-order valence-corrected chi connectivity index (χ2v) is 7.81. The Morgan fingerprint density at radius 2 is 1.90 bits per heavy atom. The first kappa shape index (κ1) is 26.0. The van der Waals surface area contributed by atoms with Gasteiger partial charge < -0.3 is 36.3 Å². The molecule has 0 spiro atoms. The molecule has 9 heteroatoms. The summed E-state index contributed by atoms with van der Waals surface area (Å²) in [5.41, 5.74) is -2.82. The topological polar surface area (TPSA) is 157 Å². The molecule has 0 aromatic rings. The molecule has 1 aliphatic rings. The van der Waals surface area contributed by atoms with Crippen LogP contribution in [0.25, 0.3) is 0 Å². The molecule has 30 heavy (non-hydrogen) atoms. The van der Waals surface area contributed by atoms with Crippen molar-refractivity contribution in [3.63, 3.8) is 0 Å². The molecule has 0 fully saturated rings. The summed E-state index contributed by atoms with van der Waals surface area (Å²) in [6, 6.07) is 0. The predicted octanol–water partition coefficient (Wildman–Crippen LogP) is 1.60. The van der Waals surface area contributed by atoms with Crippen molar-refractivity contribution in [3.05, 3.63) is 82.6 Å². The molecule has 0 saturated heterocycles. The van der Waals surface area contributed by atoms with E-state index in [-0.39, 0.29) is 11.7 Å². The lowest BCUT2D eigenvalue weighted by molar-refractivity contribution is 0.160. The van der Waals surface area contributed by atoms with Crippen molar-refractivity contribution >= 4 is 0 Å². The van der Waals surface area contributed by atoms with Gasteiger partial charge in [0.1, 0.15) is 11.2 Å². The van der Waals surface area contributed by atoms with Crippen LogP contribution in [0.2, 0.25) is 0 Å². The van der Waals surface area contributed by atoms with E-state index in [0.29, 0.717) is 16.6 Å². The second kappa shape index (κ2) is 10.8. The number of rotatable bonds is 9. The van der Waals surface area contributed by atoms with E-state index in [4.69, 9.17) is 11.7 Å². The van der Waals surface area contributed by atoms with Crippen LogP contribution < -0.4 is 17.0 Å². The zero-order valence-electron chi connectivity index (χ0n) is 17.9. The summed E-state index contributed by atoms with van der Waals surface area (Å²) in [4.78, 5) is 0. The maximum atomic E-state index is 11.8. The molecule has 0 amide bonds. The molecular formula is C21H33N5O4-2. The van der Waals surface area contributed by atoms with Gasteiger partial charge in [0.2, 0.25) is 0 Å². The molecule has 0 heterocycles. The van der Waals surface area contributed by atoms with Crippen molar-refractivity contribution in [2.75, 3.05) is 6.54 Å². The number of allylic oxidation sites excluding steroid dienone is 3. The van der Waals surface area contributed by atoms with Crippen LogP contribution in [0.3, 0.4) is 0 Å². The van der Waals surface area contributed by atoms with E-state index in [9.17, 15) is 20.6 Å². The smallest absolute Gasteiger partial charge is 0.100 e. The van der Waals surface area contributed by atoms with Crippen molar-refractivity contribution in [1.82, 2.24) is 15.7 Å². The van der Waals surface area contributed by atoms with E-state index in [1.165, 1.54) is 24.3 Å². The zero-order chi connectivity index (χ0) is 23.0. The van der Waals surface area contributed by atoms with Gasteiger partial charge in [-0.05, 0) is 51.5 Å². The first-order valence-corrected chi connectivity index (χ1v) is 9.61. The molecule has 168 valence electrons. The van der Waals surface area contributed by atoms with Crippen LogP contribution in [0.1, 0.15) is 34.1 Å². The average molecular weight is 420 g/mol. The number of hydroxylamine groups is 2. The van der Waals surface area contributed by atoms with Crippen molar-refractivity contribution in [2.45, 2.75) is 50.9 Å². The van der Waals surface area contributed by atoms with Crippen LogP contribution in [-0.4, -0.2) is 43.8 Å². The van der Waals surface area contributed by atoms with Gasteiger partial charge in [0, 0.05) is 17.9 Å². The molecular weight excluding hydrogens is 386 g/mol. The highest BCUT2D eigenvalue weighted by Gasteiger charge is 2.23. The lowest BCUT2D eigenvalue weighted by atomic mass is 9.93. The second-order valence-electron chi connectivity index (χ2n) is 7.81. The molecule has 0 aliphatic heterocycles. The fourth-order valence-corrected chi connectivity index (χ4v) is 2.58. The van der Waals surface area contributed by atoms with Gasteiger partial charge in [0.25, 0.3) is 0 Å². The Morgan fingerprint density at radius 1 is 1.23 bits per heavy atom. The Balaban J connectivity index is 3.27. The number of hydrazine groups is 2. The highest BCUT2D eigenvalue weighted by molar-refractivity contribution is 5.37. The average Bonchev–Trinajstić information content (AvgIpc) is 2.60. The van der Waals surface area contributed by atoms with Gasteiger partial charge in [0.15, 0.2) is 0 Å². The number of nitrogens with zero attached hydrogens (tertiary/aromatic N) is 2. The highest BCUT2D eigenvalue weighted by atomic mass is 16.5. The SMILES string of the molecule is CC/C=C\C(=C/C(C)(O)/C=C\CN(N)[O-])NC1=CC(C)(O)C=CC(C)(N(N)[O-])C=C1. The maximum Gasteiger partial charge on any atom is 0.100 e. The van der Waals surface area contributed by atoms with Gasteiger partial charge in [0.05, 0.1) is 5.54 Å². The molecule has 1 rings (SSSR count). The zero-order valence-corrected chi connectivity index (χ0v) is 17.9. The molecule has 0 saturated carbocycles. The molecule has 0 aromatic carbocycles. The van der Waals surface area contributed by atoms with Gasteiger partial charge in [-0.1, -0.05) is 43.4 Å². The molecule has 3 unspecified atom stereocenters. The largest absolute Gasteiger partial charge is 0.772 e. The van der Waals surface area contributed by atoms with Gasteiger partial charge in [-0.15, -0.1) is 0 Å². The Bertz CT molecular complexity index is 748. The van der Waals surface area contributed by atoms with E-state index in [0.717, 1.165) is 6.42 Å². The van der Waals surface area contributed by atoms with Crippen LogP contribution in [0.15, 0.2) is 72.2 Å². The molecule has 0 aromatic heterocycles. The third kappa shape index (κ3) is 9.16. The third-order valence-electron chi connectivity index (χ3n) is 4.29. The van der Waals surface area contributed by atoms with E-state index < -0.39 is 16.7 Å². The van der Waals surface area contributed by atoms with Gasteiger partial charge >= 0.3 is 0 Å². The van der Waals surface area contributed by atoms with E-state index in [1.807, 2.05) is 13.0 Å². The van der Waals surface area contributed by atoms with Gasteiger partial charge in [-0.3, -0.25) is 11.7 Å². The lowest BCUT2D eigenvalue weighted by Gasteiger charge is -2.39. The summed E-state index contributed by atoms with van der Waals surface area (Å²) in [7, 11) is 0. The van der Waals surface area contributed by atoms with Crippen LogP contribution in [0.4, 0.5) is 0 Å². The first-order valence-electron chi connectivity index (χ1n) is 9.61. The molecule has 7 N–H and O–H groups in total. The quantitative estimate of drug-likeness (QED) is 0.162. The minimum atomic E-state index is -1.37. The van der Waals surface area contributed by atoms with Crippen LogP contribution in [0, 0.1) is 10.4 Å². The normalized spacial score (nSPS) is 27.6.